The molecule has 0 fully saturated rings. The van der Waals surface area contributed by atoms with Crippen LogP contribution in [0.2, 0.25) is 0 Å². The van der Waals surface area contributed by atoms with Crippen LogP contribution in [0.1, 0.15) is 28.8 Å². The number of hydrogen-bond acceptors (Lipinski definition) is 4. The van der Waals surface area contributed by atoms with E-state index < -0.39 is 23.7 Å². The summed E-state index contributed by atoms with van der Waals surface area (Å²) in [7, 11) is 0. The molecule has 2 atom stereocenters. The van der Waals surface area contributed by atoms with Crippen molar-refractivity contribution in [1.82, 2.24) is 0 Å². The summed E-state index contributed by atoms with van der Waals surface area (Å²) in [5.74, 6) is -2.95. The Kier molecular flexibility index (Phi) is 4.89. The molecule has 1 aromatic rings. The van der Waals surface area contributed by atoms with Gasteiger partial charge in [0.1, 0.15) is 11.1 Å². The maximum Gasteiger partial charge on any atom is 0.307 e. The number of thiophene rings is 1. The number of carboxylic acid groups (broad SMARTS) is 1. The smallest absolute Gasteiger partial charge is 0.307 e. The Balaban J connectivity index is 2.25. The van der Waals surface area contributed by atoms with Crippen LogP contribution in [-0.4, -0.2) is 17.0 Å². The van der Waals surface area contributed by atoms with E-state index in [-0.39, 0.29) is 12.8 Å². The van der Waals surface area contributed by atoms with Crippen LogP contribution in [0, 0.1) is 37.0 Å². The van der Waals surface area contributed by atoms with Gasteiger partial charge in [0.2, 0.25) is 5.91 Å². The molecule has 22 heavy (non-hydrogen) atoms. The topological polar surface area (TPSA) is 90.2 Å². The molecule has 0 unspecified atom stereocenters. The highest BCUT2D eigenvalue weighted by Crippen LogP contribution is 2.35. The molecule has 1 amide bonds. The van der Waals surface area contributed by atoms with E-state index in [1.807, 2.05) is 13.8 Å². The Labute approximate surface area is 137 Å². The van der Waals surface area contributed by atoms with Crippen molar-refractivity contribution < 1.29 is 14.7 Å². The molecule has 1 aliphatic rings. The number of carbonyl (C=O) groups is 2. The van der Waals surface area contributed by atoms with Gasteiger partial charge in [-0.25, -0.2) is 0 Å². The molecule has 1 aliphatic carbocycles. The van der Waals surface area contributed by atoms with Crippen LogP contribution in [0.3, 0.4) is 0 Å². The number of aryl methyl sites for hydroxylation is 1. The zero-order chi connectivity index (χ0) is 16.4. The molecule has 0 aromatic carbocycles. The fraction of sp³-hybridized carbons (Fsp3) is 0.400. The van der Waals surface area contributed by atoms with Gasteiger partial charge < -0.3 is 10.4 Å². The Morgan fingerprint density at radius 1 is 1.45 bits per heavy atom. The Hall–Kier alpha value is -1.84. The van der Waals surface area contributed by atoms with Crippen LogP contribution in [0.15, 0.2) is 11.1 Å². The lowest BCUT2D eigenvalue weighted by atomic mass is 9.82. The molecule has 7 heteroatoms. The lowest BCUT2D eigenvalue weighted by Crippen LogP contribution is -2.35. The molecule has 0 aliphatic heterocycles. The van der Waals surface area contributed by atoms with E-state index in [2.05, 4.69) is 11.4 Å². The maximum atomic E-state index is 12.5. The van der Waals surface area contributed by atoms with E-state index in [4.69, 9.17) is 11.6 Å². The minimum Gasteiger partial charge on any atom is -0.481 e. The molecule has 0 radical (unpaired) electrons. The molecular formula is C15H15ClN2O3S. The van der Waals surface area contributed by atoms with Gasteiger partial charge in [-0.05, 0) is 32.3 Å². The van der Waals surface area contributed by atoms with E-state index in [1.165, 1.54) is 11.3 Å². The van der Waals surface area contributed by atoms with Crippen LogP contribution in [0.5, 0.6) is 0 Å². The van der Waals surface area contributed by atoms with Crippen LogP contribution < -0.4 is 5.32 Å². The first-order valence-corrected chi connectivity index (χ1v) is 7.92. The zero-order valence-electron chi connectivity index (χ0n) is 12.1. The quantitative estimate of drug-likeness (QED) is 0.883. The van der Waals surface area contributed by atoms with Crippen molar-refractivity contribution in [2.24, 2.45) is 11.8 Å². The number of anilines is 1. The SMILES string of the molecule is Cc1sc(NC(=O)[C@@H]2CC(Cl)=CC[C@@H]2C(=O)O)c(C#N)c1C. The van der Waals surface area contributed by atoms with Crippen molar-refractivity contribution >= 4 is 39.8 Å². The molecule has 0 saturated carbocycles. The van der Waals surface area contributed by atoms with E-state index in [0.29, 0.717) is 15.6 Å². The van der Waals surface area contributed by atoms with Crippen LogP contribution in [-0.2, 0) is 9.59 Å². The molecule has 1 aromatic heterocycles. The summed E-state index contributed by atoms with van der Waals surface area (Å²) in [5.41, 5.74) is 1.26. The first kappa shape index (κ1) is 16.5. The number of carboxylic acids is 1. The number of carbonyl (C=O) groups excluding carboxylic acids is 1. The average molecular weight is 339 g/mol. The molecule has 0 saturated heterocycles. The van der Waals surface area contributed by atoms with Crippen molar-refractivity contribution in [3.05, 3.63) is 27.1 Å². The molecule has 1 heterocycles. The average Bonchev–Trinajstić information content (AvgIpc) is 2.72. The van der Waals surface area contributed by atoms with Gasteiger partial charge >= 0.3 is 5.97 Å². The summed E-state index contributed by atoms with van der Waals surface area (Å²) < 4.78 is 0. The van der Waals surface area contributed by atoms with E-state index >= 15 is 0 Å². The zero-order valence-corrected chi connectivity index (χ0v) is 13.7. The molecule has 2 rings (SSSR count). The third-order valence-corrected chi connectivity index (χ3v) is 5.31. The maximum absolute atomic E-state index is 12.5. The van der Waals surface area contributed by atoms with Crippen molar-refractivity contribution in [3.8, 4) is 6.07 Å². The molecule has 5 nitrogen and oxygen atoms in total. The van der Waals surface area contributed by atoms with Gasteiger partial charge in [-0.15, -0.1) is 11.3 Å². The minimum absolute atomic E-state index is 0.204. The largest absolute Gasteiger partial charge is 0.481 e. The van der Waals surface area contributed by atoms with Gasteiger partial charge in [0.25, 0.3) is 0 Å². The standard InChI is InChI=1S/C15H15ClN2O3S/c1-7-8(2)22-14(12(7)6-17)18-13(19)11-5-9(16)3-4-10(11)15(20)21/h3,10-11H,4-5H2,1-2H3,(H,18,19)(H,20,21)/t10-,11+/m0/s1. The van der Waals surface area contributed by atoms with Crippen molar-refractivity contribution in [3.63, 3.8) is 0 Å². The number of allylic oxidation sites excluding steroid dienone is 2. The lowest BCUT2D eigenvalue weighted by molar-refractivity contribution is -0.146. The second-order valence-corrected chi connectivity index (χ2v) is 6.94. The third kappa shape index (κ3) is 3.16. The predicted molar refractivity (Wildman–Crippen MR) is 84.9 cm³/mol. The highest BCUT2D eigenvalue weighted by atomic mass is 35.5. The summed E-state index contributed by atoms with van der Waals surface area (Å²) in [6, 6.07) is 2.08. The number of nitrogens with one attached hydrogen (secondary N) is 1. The number of hydrogen-bond donors (Lipinski definition) is 2. The first-order valence-electron chi connectivity index (χ1n) is 6.73. The first-order chi connectivity index (χ1) is 10.3. The van der Waals surface area contributed by atoms with Crippen LogP contribution in [0.25, 0.3) is 0 Å². The summed E-state index contributed by atoms with van der Waals surface area (Å²) in [6.07, 6.45) is 2.08. The highest BCUT2D eigenvalue weighted by molar-refractivity contribution is 7.16. The number of nitriles is 1. The fourth-order valence-corrected chi connectivity index (χ4v) is 3.73. The van der Waals surface area contributed by atoms with Crippen molar-refractivity contribution in [2.45, 2.75) is 26.7 Å². The summed E-state index contributed by atoms with van der Waals surface area (Å²) >= 11 is 7.27. The summed E-state index contributed by atoms with van der Waals surface area (Å²) in [4.78, 5) is 24.7. The molecule has 0 bridgehead atoms. The number of rotatable bonds is 3. The van der Waals surface area contributed by atoms with Gasteiger partial charge in [-0.2, -0.15) is 5.26 Å². The van der Waals surface area contributed by atoms with E-state index in [0.717, 1.165) is 10.4 Å². The Morgan fingerprint density at radius 3 is 2.73 bits per heavy atom. The van der Waals surface area contributed by atoms with E-state index in [1.54, 1.807) is 6.08 Å². The van der Waals surface area contributed by atoms with Crippen molar-refractivity contribution in [1.29, 1.82) is 5.26 Å². The second-order valence-electron chi connectivity index (χ2n) is 5.23. The molecule has 116 valence electrons. The Bertz CT molecular complexity index is 702. The van der Waals surface area contributed by atoms with Gasteiger partial charge in [-0.3, -0.25) is 9.59 Å². The summed E-state index contributed by atoms with van der Waals surface area (Å²) in [5, 5.41) is 22.1. The second kappa shape index (κ2) is 6.51. The number of amides is 1. The number of nitrogens with zero attached hydrogens (tertiary/aromatic N) is 1. The molecular weight excluding hydrogens is 324 g/mol. The van der Waals surface area contributed by atoms with E-state index in [9.17, 15) is 20.0 Å². The van der Waals surface area contributed by atoms with Gasteiger partial charge in [0.15, 0.2) is 0 Å². The van der Waals surface area contributed by atoms with Crippen molar-refractivity contribution in [2.75, 3.05) is 5.32 Å². The Morgan fingerprint density at radius 2 is 2.14 bits per heavy atom. The normalized spacial score (nSPS) is 20.9. The highest BCUT2D eigenvalue weighted by Gasteiger charge is 2.36. The molecule has 0 spiro atoms. The minimum atomic E-state index is -1.01. The lowest BCUT2D eigenvalue weighted by Gasteiger charge is -2.25. The van der Waals surface area contributed by atoms with Crippen LogP contribution in [0.4, 0.5) is 5.00 Å². The molecule has 2 N–H and O–H groups in total. The number of aliphatic carboxylic acids is 1. The van der Waals surface area contributed by atoms with Gasteiger partial charge in [0, 0.05) is 9.91 Å². The third-order valence-electron chi connectivity index (χ3n) is 3.88. The summed E-state index contributed by atoms with van der Waals surface area (Å²) in [6.45, 7) is 3.69. The monoisotopic (exact) mass is 338 g/mol. The fourth-order valence-electron chi connectivity index (χ4n) is 2.46. The number of halogens is 1. The van der Waals surface area contributed by atoms with Gasteiger partial charge in [-0.1, -0.05) is 17.7 Å². The predicted octanol–water partition coefficient (Wildman–Crippen LogP) is 3.41. The van der Waals surface area contributed by atoms with Gasteiger partial charge in [0.05, 0.1) is 17.4 Å². The van der Waals surface area contributed by atoms with Crippen LogP contribution >= 0.6 is 22.9 Å².